The molecule has 0 aromatic heterocycles. The van der Waals surface area contributed by atoms with E-state index in [4.69, 9.17) is 5.84 Å². The molecule has 2 fully saturated rings. The van der Waals surface area contributed by atoms with E-state index in [1.165, 1.54) is 19.4 Å². The van der Waals surface area contributed by atoms with Gasteiger partial charge < -0.3 is 5.32 Å². The largest absolute Gasteiger partial charge is 0.316 e. The molecule has 0 aromatic carbocycles. The summed E-state index contributed by atoms with van der Waals surface area (Å²) in [6, 6.07) is 0.682. The lowest BCUT2D eigenvalue weighted by Gasteiger charge is -2.29. The molecule has 3 heteroatoms. The van der Waals surface area contributed by atoms with E-state index in [0.29, 0.717) is 6.04 Å². The molecular formula is C7H15N3. The van der Waals surface area contributed by atoms with Crippen molar-refractivity contribution in [2.45, 2.75) is 18.9 Å². The number of nitrogens with zero attached hydrogens (tertiary/aromatic N) is 1. The Balaban J connectivity index is 2.01. The van der Waals surface area contributed by atoms with Gasteiger partial charge in [0.1, 0.15) is 0 Å². The molecular weight excluding hydrogens is 126 g/mol. The molecule has 0 spiro atoms. The second-order valence-corrected chi connectivity index (χ2v) is 3.35. The van der Waals surface area contributed by atoms with Gasteiger partial charge in [0, 0.05) is 12.6 Å². The first-order chi connectivity index (χ1) is 4.88. The molecule has 0 aromatic rings. The van der Waals surface area contributed by atoms with Crippen molar-refractivity contribution in [1.29, 1.82) is 0 Å². The molecule has 0 bridgehead atoms. The second kappa shape index (κ2) is 2.49. The predicted octanol–water partition coefficient (Wildman–Crippen LogP) is -0.456. The average molecular weight is 141 g/mol. The maximum absolute atomic E-state index is 5.79. The van der Waals surface area contributed by atoms with Crippen molar-refractivity contribution in [3.05, 3.63) is 0 Å². The summed E-state index contributed by atoms with van der Waals surface area (Å²) in [6.07, 6.45) is 2.52. The number of fused-ring (bicyclic) bond motifs is 1. The maximum Gasteiger partial charge on any atom is 0.0294 e. The molecule has 2 rings (SSSR count). The highest BCUT2D eigenvalue weighted by atomic mass is 15.4. The number of hydrogen-bond donors (Lipinski definition) is 2. The summed E-state index contributed by atoms with van der Waals surface area (Å²) in [6.45, 7) is 3.42. The summed E-state index contributed by atoms with van der Waals surface area (Å²) in [5.74, 6) is 6.63. The minimum atomic E-state index is 0.682. The van der Waals surface area contributed by atoms with Crippen LogP contribution in [0.5, 0.6) is 0 Å². The summed E-state index contributed by atoms with van der Waals surface area (Å²) >= 11 is 0. The van der Waals surface area contributed by atoms with Crippen LogP contribution in [0, 0.1) is 5.92 Å². The summed E-state index contributed by atoms with van der Waals surface area (Å²) in [5, 5.41) is 5.41. The number of nitrogens with one attached hydrogen (secondary N) is 1. The van der Waals surface area contributed by atoms with Gasteiger partial charge in [-0.05, 0) is 31.8 Å². The molecule has 2 heterocycles. The lowest BCUT2D eigenvalue weighted by Crippen LogP contribution is -2.46. The first-order valence-corrected chi connectivity index (χ1v) is 4.10. The lowest BCUT2D eigenvalue weighted by molar-refractivity contribution is 0.195. The van der Waals surface area contributed by atoms with Crippen molar-refractivity contribution in [2.24, 2.45) is 11.8 Å². The maximum atomic E-state index is 5.79. The van der Waals surface area contributed by atoms with Crippen LogP contribution >= 0.6 is 0 Å². The van der Waals surface area contributed by atoms with Crippen LogP contribution in [0.25, 0.3) is 0 Å². The Morgan fingerprint density at radius 1 is 1.40 bits per heavy atom. The monoisotopic (exact) mass is 141 g/mol. The first kappa shape index (κ1) is 6.58. The Morgan fingerprint density at radius 2 is 2.30 bits per heavy atom. The van der Waals surface area contributed by atoms with E-state index in [-0.39, 0.29) is 0 Å². The van der Waals surface area contributed by atoms with Crippen molar-refractivity contribution < 1.29 is 0 Å². The van der Waals surface area contributed by atoms with Gasteiger partial charge in [-0.3, -0.25) is 5.84 Å². The fourth-order valence-electron chi connectivity index (χ4n) is 2.12. The van der Waals surface area contributed by atoms with E-state index in [1.54, 1.807) is 0 Å². The van der Waals surface area contributed by atoms with E-state index in [0.717, 1.165) is 19.0 Å². The Bertz CT molecular complexity index is 124. The van der Waals surface area contributed by atoms with Crippen LogP contribution in [-0.2, 0) is 0 Å². The Morgan fingerprint density at radius 3 is 3.10 bits per heavy atom. The quantitative estimate of drug-likeness (QED) is 0.449. The van der Waals surface area contributed by atoms with E-state index in [1.807, 2.05) is 5.01 Å². The van der Waals surface area contributed by atoms with Crippen LogP contribution < -0.4 is 11.2 Å². The van der Waals surface area contributed by atoms with Gasteiger partial charge in [-0.2, -0.15) is 0 Å². The number of nitrogens with two attached hydrogens (primary N) is 1. The molecule has 3 N–H and O–H groups in total. The fourth-order valence-corrected chi connectivity index (χ4v) is 2.12. The van der Waals surface area contributed by atoms with Gasteiger partial charge in [0.05, 0.1) is 0 Å². The molecule has 2 aliphatic rings. The number of piperidine rings is 1. The Kier molecular flexibility index (Phi) is 1.64. The fraction of sp³-hybridized carbons (Fsp3) is 1.00. The molecule has 2 atom stereocenters. The van der Waals surface area contributed by atoms with Crippen molar-refractivity contribution in [3.63, 3.8) is 0 Å². The molecule has 10 heavy (non-hydrogen) atoms. The van der Waals surface area contributed by atoms with Gasteiger partial charge in [-0.1, -0.05) is 0 Å². The Hall–Kier alpha value is -0.120. The minimum Gasteiger partial charge on any atom is -0.316 e. The van der Waals surface area contributed by atoms with Gasteiger partial charge >= 0.3 is 0 Å². The van der Waals surface area contributed by atoms with Crippen molar-refractivity contribution in [3.8, 4) is 0 Å². The van der Waals surface area contributed by atoms with Crippen molar-refractivity contribution in [2.75, 3.05) is 19.6 Å². The Labute approximate surface area is 61.5 Å². The standard InChI is InChI=1S/C7H15N3/c8-10-4-2-6-5-9-3-1-7(6)10/h6-7,9H,1-5,8H2. The molecule has 0 aliphatic carbocycles. The van der Waals surface area contributed by atoms with Gasteiger partial charge in [0.15, 0.2) is 0 Å². The zero-order valence-electron chi connectivity index (χ0n) is 6.21. The molecule has 2 saturated heterocycles. The molecule has 2 aliphatic heterocycles. The lowest BCUT2D eigenvalue weighted by atomic mass is 9.95. The normalized spacial score (nSPS) is 41.7. The summed E-state index contributed by atoms with van der Waals surface area (Å²) in [4.78, 5) is 0. The van der Waals surface area contributed by atoms with Crippen LogP contribution in [0.15, 0.2) is 0 Å². The smallest absolute Gasteiger partial charge is 0.0294 e. The van der Waals surface area contributed by atoms with Crippen molar-refractivity contribution in [1.82, 2.24) is 10.3 Å². The average Bonchev–Trinajstić information content (AvgIpc) is 2.34. The number of hydrazine groups is 1. The highest BCUT2D eigenvalue weighted by molar-refractivity contribution is 4.88. The predicted molar refractivity (Wildman–Crippen MR) is 40.3 cm³/mol. The SMILES string of the molecule is NN1CCC2CNCCC21. The second-order valence-electron chi connectivity index (χ2n) is 3.35. The van der Waals surface area contributed by atoms with Crippen LogP contribution in [0.1, 0.15) is 12.8 Å². The summed E-state index contributed by atoms with van der Waals surface area (Å²) in [5.41, 5.74) is 0. The molecule has 2 unspecified atom stereocenters. The van der Waals surface area contributed by atoms with Gasteiger partial charge in [-0.25, -0.2) is 5.01 Å². The molecule has 0 radical (unpaired) electrons. The third-order valence-corrected chi connectivity index (χ3v) is 2.75. The highest BCUT2D eigenvalue weighted by Crippen LogP contribution is 2.25. The van der Waals surface area contributed by atoms with Crippen LogP contribution in [-0.4, -0.2) is 30.7 Å². The number of hydrogen-bond acceptors (Lipinski definition) is 3. The summed E-state index contributed by atoms with van der Waals surface area (Å²) in [7, 11) is 0. The number of rotatable bonds is 0. The molecule has 3 nitrogen and oxygen atoms in total. The zero-order chi connectivity index (χ0) is 6.97. The first-order valence-electron chi connectivity index (χ1n) is 4.10. The van der Waals surface area contributed by atoms with Crippen LogP contribution in [0.4, 0.5) is 0 Å². The molecule has 0 amide bonds. The molecule has 58 valence electrons. The summed E-state index contributed by atoms with van der Waals surface area (Å²) < 4.78 is 0. The van der Waals surface area contributed by atoms with E-state index in [9.17, 15) is 0 Å². The third-order valence-electron chi connectivity index (χ3n) is 2.75. The van der Waals surface area contributed by atoms with Gasteiger partial charge in [-0.15, -0.1) is 0 Å². The van der Waals surface area contributed by atoms with E-state index >= 15 is 0 Å². The highest BCUT2D eigenvalue weighted by Gasteiger charge is 2.33. The van der Waals surface area contributed by atoms with Gasteiger partial charge in [0.2, 0.25) is 0 Å². The minimum absolute atomic E-state index is 0.682. The van der Waals surface area contributed by atoms with E-state index in [2.05, 4.69) is 5.32 Å². The van der Waals surface area contributed by atoms with Crippen LogP contribution in [0.2, 0.25) is 0 Å². The molecule has 0 saturated carbocycles. The van der Waals surface area contributed by atoms with Crippen molar-refractivity contribution >= 4 is 0 Å². The van der Waals surface area contributed by atoms with Gasteiger partial charge in [0.25, 0.3) is 0 Å². The zero-order valence-corrected chi connectivity index (χ0v) is 6.21. The van der Waals surface area contributed by atoms with Crippen LogP contribution in [0.3, 0.4) is 0 Å². The topological polar surface area (TPSA) is 41.3 Å². The van der Waals surface area contributed by atoms with E-state index < -0.39 is 0 Å². The third kappa shape index (κ3) is 0.944.